The average Bonchev–Trinajstić information content (AvgIpc) is 3.32. The molecule has 6 heteroatoms. The number of hydrogen-bond donors (Lipinski definition) is 2. The molecule has 1 aliphatic rings. The fourth-order valence-corrected chi connectivity index (χ4v) is 3.13. The van der Waals surface area contributed by atoms with Gasteiger partial charge < -0.3 is 11.1 Å². The topological polar surface area (TPSA) is 63.8 Å². The van der Waals surface area contributed by atoms with E-state index in [1.807, 2.05) is 6.07 Å². The van der Waals surface area contributed by atoms with Crippen molar-refractivity contribution in [2.45, 2.75) is 32.2 Å². The third-order valence-corrected chi connectivity index (χ3v) is 4.57. The summed E-state index contributed by atoms with van der Waals surface area (Å²) in [5.74, 6) is 1.40. The average molecular weight is 337 g/mol. The van der Waals surface area contributed by atoms with Crippen LogP contribution in [0.3, 0.4) is 0 Å². The molecule has 1 aromatic heterocycles. The largest absolute Gasteiger partial charge is 0.394 e. The smallest absolute Gasteiger partial charge is 0.153 e. The number of hydrogen-bond acceptors (Lipinski definition) is 4. The number of nitrogens with two attached hydrogens (primary N) is 1. The summed E-state index contributed by atoms with van der Waals surface area (Å²) in [5, 5.41) is 4.56. The number of aromatic nitrogens is 2. The molecule has 1 aliphatic carbocycles. The van der Waals surface area contributed by atoms with Crippen LogP contribution in [-0.2, 0) is 0 Å². The van der Waals surface area contributed by atoms with Crippen molar-refractivity contribution >= 4 is 34.7 Å². The van der Waals surface area contributed by atoms with Gasteiger partial charge in [-0.25, -0.2) is 9.97 Å². The van der Waals surface area contributed by atoms with Crippen LogP contribution in [-0.4, -0.2) is 16.0 Å². The lowest BCUT2D eigenvalue weighted by Gasteiger charge is -2.19. The van der Waals surface area contributed by atoms with Crippen molar-refractivity contribution in [2.75, 3.05) is 11.1 Å². The van der Waals surface area contributed by atoms with E-state index in [9.17, 15) is 0 Å². The van der Waals surface area contributed by atoms with Gasteiger partial charge in [-0.1, -0.05) is 30.1 Å². The van der Waals surface area contributed by atoms with Crippen LogP contribution in [0, 0.1) is 5.92 Å². The highest BCUT2D eigenvalue weighted by Crippen LogP contribution is 2.38. The van der Waals surface area contributed by atoms with Gasteiger partial charge in [0, 0.05) is 16.6 Å². The predicted molar refractivity (Wildman–Crippen MR) is 92.3 cm³/mol. The summed E-state index contributed by atoms with van der Waals surface area (Å²) in [6.07, 6.45) is 5.10. The highest BCUT2D eigenvalue weighted by atomic mass is 35.5. The third-order valence-electron chi connectivity index (χ3n) is 4.02. The normalized spacial score (nSPS) is 15.6. The molecule has 0 bridgehead atoms. The Morgan fingerprint density at radius 1 is 1.32 bits per heavy atom. The number of rotatable bonds is 5. The Morgan fingerprint density at radius 3 is 2.73 bits per heavy atom. The molecule has 0 saturated heterocycles. The molecule has 4 nitrogen and oxygen atoms in total. The van der Waals surface area contributed by atoms with E-state index in [0.717, 1.165) is 17.9 Å². The highest BCUT2D eigenvalue weighted by Gasteiger charge is 2.30. The molecule has 1 atom stereocenters. The van der Waals surface area contributed by atoms with Crippen molar-refractivity contribution in [3.63, 3.8) is 0 Å². The molecule has 3 rings (SSSR count). The second kappa shape index (κ2) is 6.31. The van der Waals surface area contributed by atoms with Crippen LogP contribution in [0.1, 0.15) is 26.2 Å². The Kier molecular flexibility index (Phi) is 4.41. The zero-order valence-electron chi connectivity index (χ0n) is 12.3. The minimum Gasteiger partial charge on any atom is -0.394 e. The summed E-state index contributed by atoms with van der Waals surface area (Å²) in [6.45, 7) is 2.17. The lowest BCUT2D eigenvalue weighted by Crippen LogP contribution is -2.22. The van der Waals surface area contributed by atoms with Crippen molar-refractivity contribution in [3.8, 4) is 11.3 Å². The molecule has 0 spiro atoms. The second-order valence-corrected chi connectivity index (χ2v) is 6.45. The maximum Gasteiger partial charge on any atom is 0.153 e. The first-order valence-corrected chi connectivity index (χ1v) is 8.18. The second-order valence-electron chi connectivity index (χ2n) is 5.61. The zero-order chi connectivity index (χ0) is 15.7. The van der Waals surface area contributed by atoms with Crippen LogP contribution in [0.5, 0.6) is 0 Å². The Labute approximate surface area is 140 Å². The molecule has 0 aliphatic heterocycles. The molecule has 1 aromatic carbocycles. The highest BCUT2D eigenvalue weighted by molar-refractivity contribution is 6.36. The Morgan fingerprint density at radius 2 is 2.09 bits per heavy atom. The van der Waals surface area contributed by atoms with Gasteiger partial charge in [0.25, 0.3) is 0 Å². The molecule has 1 saturated carbocycles. The molecule has 116 valence electrons. The monoisotopic (exact) mass is 336 g/mol. The number of nitrogens with zero attached hydrogens (tertiary/aromatic N) is 2. The molecule has 22 heavy (non-hydrogen) atoms. The lowest BCUT2D eigenvalue weighted by atomic mass is 10.1. The van der Waals surface area contributed by atoms with Crippen LogP contribution in [0.15, 0.2) is 24.5 Å². The molecular weight excluding hydrogens is 319 g/mol. The zero-order valence-corrected chi connectivity index (χ0v) is 13.8. The van der Waals surface area contributed by atoms with E-state index >= 15 is 0 Å². The van der Waals surface area contributed by atoms with E-state index in [1.165, 1.54) is 19.2 Å². The van der Waals surface area contributed by atoms with Crippen molar-refractivity contribution in [1.29, 1.82) is 0 Å². The minimum atomic E-state index is 0.408. The third kappa shape index (κ3) is 3.13. The molecule has 1 fully saturated rings. The van der Waals surface area contributed by atoms with Gasteiger partial charge in [-0.3, -0.25) is 0 Å². The van der Waals surface area contributed by atoms with Gasteiger partial charge in [0.2, 0.25) is 0 Å². The predicted octanol–water partition coefficient (Wildman–Crippen LogP) is 4.63. The summed E-state index contributed by atoms with van der Waals surface area (Å²) in [5.41, 5.74) is 8.17. The van der Waals surface area contributed by atoms with Crippen LogP contribution in [0.25, 0.3) is 11.3 Å². The first-order chi connectivity index (χ1) is 10.6. The lowest BCUT2D eigenvalue weighted by molar-refractivity contribution is 0.614. The van der Waals surface area contributed by atoms with Gasteiger partial charge in [0.05, 0.1) is 5.02 Å². The maximum absolute atomic E-state index is 6.27. The molecule has 1 heterocycles. The van der Waals surface area contributed by atoms with E-state index in [4.69, 9.17) is 28.9 Å². The SMILES string of the molecule is CC[C@H](Nc1ncnc(-c2ccc(Cl)cc2Cl)c1N)C1CC1. The van der Waals surface area contributed by atoms with Crippen molar-refractivity contribution in [1.82, 2.24) is 9.97 Å². The van der Waals surface area contributed by atoms with Crippen molar-refractivity contribution in [3.05, 3.63) is 34.6 Å². The summed E-state index contributed by atoms with van der Waals surface area (Å²) in [6, 6.07) is 5.69. The summed E-state index contributed by atoms with van der Waals surface area (Å²) >= 11 is 12.2. The molecule has 3 N–H and O–H groups in total. The quantitative estimate of drug-likeness (QED) is 0.835. The van der Waals surface area contributed by atoms with E-state index in [-0.39, 0.29) is 0 Å². The maximum atomic E-state index is 6.27. The summed E-state index contributed by atoms with van der Waals surface area (Å²) < 4.78 is 0. The van der Waals surface area contributed by atoms with E-state index in [0.29, 0.717) is 33.3 Å². The van der Waals surface area contributed by atoms with E-state index in [2.05, 4.69) is 22.2 Å². The Hall–Kier alpha value is -1.52. The van der Waals surface area contributed by atoms with E-state index in [1.54, 1.807) is 12.1 Å². The number of nitrogens with one attached hydrogen (secondary N) is 1. The number of halogens is 2. The van der Waals surface area contributed by atoms with Gasteiger partial charge >= 0.3 is 0 Å². The Bertz CT molecular complexity index is 686. The number of nitrogen functional groups attached to an aromatic ring is 1. The Balaban J connectivity index is 1.94. The van der Waals surface area contributed by atoms with Crippen LogP contribution >= 0.6 is 23.2 Å². The van der Waals surface area contributed by atoms with Crippen molar-refractivity contribution < 1.29 is 0 Å². The van der Waals surface area contributed by atoms with Crippen LogP contribution in [0.4, 0.5) is 11.5 Å². The molecule has 2 aromatic rings. The van der Waals surface area contributed by atoms with E-state index < -0.39 is 0 Å². The summed E-state index contributed by atoms with van der Waals surface area (Å²) in [4.78, 5) is 8.58. The van der Waals surface area contributed by atoms with Crippen LogP contribution in [0.2, 0.25) is 10.0 Å². The van der Waals surface area contributed by atoms with Crippen LogP contribution < -0.4 is 11.1 Å². The first kappa shape index (κ1) is 15.4. The van der Waals surface area contributed by atoms with Gasteiger partial charge in [-0.15, -0.1) is 0 Å². The number of anilines is 2. The number of benzene rings is 1. The summed E-state index contributed by atoms with van der Waals surface area (Å²) in [7, 11) is 0. The van der Waals surface area contributed by atoms with Gasteiger partial charge in [-0.05, 0) is 43.4 Å². The van der Waals surface area contributed by atoms with Crippen molar-refractivity contribution in [2.24, 2.45) is 5.92 Å². The minimum absolute atomic E-state index is 0.408. The molecular formula is C16H18Cl2N4. The molecule has 0 unspecified atom stereocenters. The van der Waals surface area contributed by atoms with Gasteiger partial charge in [-0.2, -0.15) is 0 Å². The fraction of sp³-hybridized carbons (Fsp3) is 0.375. The standard InChI is InChI=1S/C16H18Cl2N4/c1-2-13(9-3-4-9)22-16-14(19)15(20-8-21-16)11-6-5-10(17)7-12(11)18/h5-9,13H,2-4,19H2,1H3,(H,20,21,22)/t13-/m0/s1. The molecule has 0 radical (unpaired) electrons. The van der Waals surface area contributed by atoms with Gasteiger partial charge in [0.15, 0.2) is 5.82 Å². The fourth-order valence-electron chi connectivity index (χ4n) is 2.63. The first-order valence-electron chi connectivity index (χ1n) is 7.42. The molecule has 0 amide bonds. The van der Waals surface area contributed by atoms with Gasteiger partial charge in [0.1, 0.15) is 17.7 Å².